The summed E-state index contributed by atoms with van der Waals surface area (Å²) in [4.78, 5) is 35.0. The zero-order chi connectivity index (χ0) is 20.5. The van der Waals surface area contributed by atoms with Gasteiger partial charge in [0.25, 0.3) is 0 Å². The van der Waals surface area contributed by atoms with Crippen molar-refractivity contribution < 1.29 is 9.59 Å². The predicted molar refractivity (Wildman–Crippen MR) is 118 cm³/mol. The van der Waals surface area contributed by atoms with Crippen LogP contribution in [0, 0.1) is 20.8 Å². The number of aromatic nitrogens is 2. The number of nitrogens with zero attached hydrogens (tertiary/aromatic N) is 3. The van der Waals surface area contributed by atoms with Crippen molar-refractivity contribution in [2.45, 2.75) is 40.0 Å². The van der Waals surface area contributed by atoms with E-state index in [1.165, 1.54) is 39.4 Å². The molecule has 0 saturated carbocycles. The lowest BCUT2D eigenvalue weighted by Crippen LogP contribution is -2.23. The van der Waals surface area contributed by atoms with Crippen molar-refractivity contribution in [1.29, 1.82) is 0 Å². The Labute approximate surface area is 177 Å². The Morgan fingerprint density at radius 1 is 1.10 bits per heavy atom. The van der Waals surface area contributed by atoms with Crippen LogP contribution in [0.3, 0.4) is 0 Å². The van der Waals surface area contributed by atoms with Crippen molar-refractivity contribution in [3.8, 4) is 11.3 Å². The molecule has 0 bridgehead atoms. The van der Waals surface area contributed by atoms with E-state index in [1.54, 1.807) is 4.90 Å². The first-order valence-corrected chi connectivity index (χ1v) is 11.2. The quantitative estimate of drug-likeness (QED) is 0.652. The molecule has 0 aliphatic carbocycles. The Morgan fingerprint density at radius 3 is 2.66 bits per heavy atom. The van der Waals surface area contributed by atoms with E-state index in [-0.39, 0.29) is 18.2 Å². The van der Waals surface area contributed by atoms with E-state index in [2.05, 4.69) is 48.2 Å². The molecule has 1 fully saturated rings. The molecule has 29 heavy (non-hydrogen) atoms. The molecule has 1 aromatic carbocycles. The summed E-state index contributed by atoms with van der Waals surface area (Å²) in [5, 5.41) is 7.93. The van der Waals surface area contributed by atoms with Crippen LogP contribution in [-0.4, -0.2) is 28.3 Å². The van der Waals surface area contributed by atoms with E-state index in [9.17, 15) is 9.59 Å². The average Bonchev–Trinajstić information content (AvgIpc) is 3.39. The number of nitrogens with one attached hydrogen (secondary N) is 1. The van der Waals surface area contributed by atoms with Gasteiger partial charge in [-0.3, -0.25) is 14.5 Å². The van der Waals surface area contributed by atoms with E-state index in [1.807, 2.05) is 10.8 Å². The number of rotatable bonds is 5. The first kappa shape index (κ1) is 19.7. The fourth-order valence-corrected chi connectivity index (χ4v) is 4.97. The number of benzene rings is 1. The Balaban J connectivity index is 1.42. The van der Waals surface area contributed by atoms with Gasteiger partial charge in [-0.05, 0) is 49.9 Å². The Morgan fingerprint density at radius 2 is 1.90 bits per heavy atom. The fraction of sp³-hybridized carbons (Fsp3) is 0.333. The van der Waals surface area contributed by atoms with Crippen molar-refractivity contribution in [3.05, 3.63) is 45.3 Å². The molecule has 8 heteroatoms. The second kappa shape index (κ2) is 8.04. The number of thiazole rings is 2. The molecule has 3 heterocycles. The normalized spacial score (nSPS) is 13.9. The molecule has 0 unspecified atom stereocenters. The summed E-state index contributed by atoms with van der Waals surface area (Å²) < 4.78 is 0. The highest BCUT2D eigenvalue weighted by atomic mass is 32.1. The number of hydrogen-bond acceptors (Lipinski definition) is 6. The summed E-state index contributed by atoms with van der Waals surface area (Å²) >= 11 is 2.82. The van der Waals surface area contributed by atoms with Gasteiger partial charge in [-0.2, -0.15) is 0 Å². The largest absolute Gasteiger partial charge is 0.302 e. The van der Waals surface area contributed by atoms with Crippen LogP contribution in [0.15, 0.2) is 22.9 Å². The molecule has 1 aliphatic rings. The third kappa shape index (κ3) is 4.23. The average molecular weight is 427 g/mol. The van der Waals surface area contributed by atoms with Gasteiger partial charge in [-0.1, -0.05) is 6.07 Å². The zero-order valence-electron chi connectivity index (χ0n) is 16.6. The van der Waals surface area contributed by atoms with E-state index in [0.29, 0.717) is 28.9 Å². The minimum atomic E-state index is -0.160. The lowest BCUT2D eigenvalue weighted by molar-refractivity contribution is -0.117. The molecule has 2 aromatic heterocycles. The molecule has 0 atom stereocenters. The Bertz CT molecular complexity index is 1090. The number of hydrogen-bond donors (Lipinski definition) is 1. The molecule has 1 saturated heterocycles. The van der Waals surface area contributed by atoms with Crippen LogP contribution in [0.1, 0.15) is 35.2 Å². The highest BCUT2D eigenvalue weighted by molar-refractivity contribution is 7.14. The summed E-state index contributed by atoms with van der Waals surface area (Å²) in [7, 11) is 0. The van der Waals surface area contributed by atoms with Crippen LogP contribution in [0.25, 0.3) is 11.3 Å². The highest BCUT2D eigenvalue weighted by Crippen LogP contribution is 2.30. The molecule has 4 rings (SSSR count). The maximum atomic E-state index is 12.4. The standard InChI is InChI=1S/C21H22N4O2S2/c1-12-7-14(3)16(8-13(12)2)17-11-28-20(23-17)24-18(26)9-15-10-29-21(22-15)25-6-4-5-19(25)27/h7-8,10-11H,4-6,9H2,1-3H3,(H,23,24,26). The summed E-state index contributed by atoms with van der Waals surface area (Å²) in [6.45, 7) is 6.97. The number of amides is 2. The Kier molecular flexibility index (Phi) is 5.47. The smallest absolute Gasteiger partial charge is 0.232 e. The third-order valence-corrected chi connectivity index (χ3v) is 6.72. The van der Waals surface area contributed by atoms with Gasteiger partial charge in [0.05, 0.1) is 17.8 Å². The van der Waals surface area contributed by atoms with Gasteiger partial charge in [0.1, 0.15) is 0 Å². The molecular formula is C21H22N4O2S2. The lowest BCUT2D eigenvalue weighted by Gasteiger charge is -2.10. The van der Waals surface area contributed by atoms with Gasteiger partial charge in [-0.25, -0.2) is 9.97 Å². The van der Waals surface area contributed by atoms with Gasteiger partial charge in [0, 0.05) is 29.3 Å². The van der Waals surface area contributed by atoms with Crippen LogP contribution in [0.5, 0.6) is 0 Å². The maximum Gasteiger partial charge on any atom is 0.232 e. The molecular weight excluding hydrogens is 404 g/mol. The van der Waals surface area contributed by atoms with E-state index in [4.69, 9.17) is 0 Å². The second-order valence-electron chi connectivity index (χ2n) is 7.28. The molecule has 2 amide bonds. The van der Waals surface area contributed by atoms with Gasteiger partial charge in [0.15, 0.2) is 10.3 Å². The van der Waals surface area contributed by atoms with Crippen LogP contribution in [0.4, 0.5) is 10.3 Å². The van der Waals surface area contributed by atoms with Crippen molar-refractivity contribution in [3.63, 3.8) is 0 Å². The van der Waals surface area contributed by atoms with Crippen LogP contribution in [0.2, 0.25) is 0 Å². The van der Waals surface area contributed by atoms with Crippen LogP contribution in [-0.2, 0) is 16.0 Å². The van der Waals surface area contributed by atoms with Crippen molar-refractivity contribution >= 4 is 44.8 Å². The van der Waals surface area contributed by atoms with Crippen LogP contribution >= 0.6 is 22.7 Å². The summed E-state index contributed by atoms with van der Waals surface area (Å²) in [6, 6.07) is 4.30. The molecule has 6 nitrogen and oxygen atoms in total. The minimum absolute atomic E-state index is 0.104. The van der Waals surface area contributed by atoms with Gasteiger partial charge < -0.3 is 5.32 Å². The summed E-state index contributed by atoms with van der Waals surface area (Å²) in [5.41, 5.74) is 6.28. The topological polar surface area (TPSA) is 75.2 Å². The molecule has 3 aromatic rings. The monoisotopic (exact) mass is 426 g/mol. The Hall–Kier alpha value is -2.58. The van der Waals surface area contributed by atoms with E-state index in [0.717, 1.165) is 17.7 Å². The molecule has 0 radical (unpaired) electrons. The van der Waals surface area contributed by atoms with E-state index < -0.39 is 0 Å². The van der Waals surface area contributed by atoms with Crippen LogP contribution < -0.4 is 10.2 Å². The molecule has 1 N–H and O–H groups in total. The number of aryl methyl sites for hydroxylation is 3. The SMILES string of the molecule is Cc1cc(C)c(-c2csc(NC(=O)Cc3csc(N4CCCC4=O)n3)n2)cc1C. The van der Waals surface area contributed by atoms with Gasteiger partial charge >= 0.3 is 0 Å². The number of carbonyl (C=O) groups excluding carboxylic acids is 2. The molecule has 0 spiro atoms. The first-order valence-electron chi connectivity index (χ1n) is 9.49. The number of anilines is 2. The molecule has 150 valence electrons. The maximum absolute atomic E-state index is 12.4. The van der Waals surface area contributed by atoms with Crippen molar-refractivity contribution in [2.24, 2.45) is 0 Å². The van der Waals surface area contributed by atoms with E-state index >= 15 is 0 Å². The third-order valence-electron chi connectivity index (χ3n) is 5.05. The zero-order valence-corrected chi connectivity index (χ0v) is 18.2. The highest BCUT2D eigenvalue weighted by Gasteiger charge is 2.24. The minimum Gasteiger partial charge on any atom is -0.302 e. The van der Waals surface area contributed by atoms with Gasteiger partial charge in [0.2, 0.25) is 11.8 Å². The molecule has 1 aliphatic heterocycles. The second-order valence-corrected chi connectivity index (χ2v) is 8.98. The first-order chi connectivity index (χ1) is 13.9. The summed E-state index contributed by atoms with van der Waals surface area (Å²) in [6.07, 6.45) is 1.60. The van der Waals surface area contributed by atoms with Crippen molar-refractivity contribution in [2.75, 3.05) is 16.8 Å². The lowest BCUT2D eigenvalue weighted by atomic mass is 9.99. The summed E-state index contributed by atoms with van der Waals surface area (Å²) in [5.74, 6) is -0.0559. The van der Waals surface area contributed by atoms with Crippen molar-refractivity contribution in [1.82, 2.24) is 9.97 Å². The number of carbonyl (C=O) groups is 2. The fourth-order valence-electron chi connectivity index (χ4n) is 3.37. The van der Waals surface area contributed by atoms with Gasteiger partial charge in [-0.15, -0.1) is 22.7 Å². The predicted octanol–water partition coefficient (Wildman–Crippen LogP) is 4.50.